The fraction of sp³-hybridized carbons (Fsp3) is 0.524. The van der Waals surface area contributed by atoms with Gasteiger partial charge in [0, 0.05) is 0 Å². The van der Waals surface area contributed by atoms with Gasteiger partial charge in [-0.15, -0.1) is 6.58 Å². The summed E-state index contributed by atoms with van der Waals surface area (Å²) < 4.78 is 32.0. The van der Waals surface area contributed by atoms with E-state index in [0.29, 0.717) is 72.3 Å². The first-order valence-electron chi connectivity index (χ1n) is 9.68. The Kier molecular flexibility index (Phi) is 15.9. The Labute approximate surface area is 177 Å². The van der Waals surface area contributed by atoms with Crippen molar-refractivity contribution in [2.24, 2.45) is 0 Å². The molecule has 1 aromatic carbocycles. The molecule has 1 aromatic rings. The normalized spacial score (nSPS) is 10.4. The summed E-state index contributed by atoms with van der Waals surface area (Å²) in [5.74, 6) is -0.715. The van der Waals surface area contributed by atoms with Crippen LogP contribution in [0.1, 0.15) is 11.1 Å². The Balaban J connectivity index is 2.00. The maximum absolute atomic E-state index is 11.2. The van der Waals surface area contributed by atoms with E-state index >= 15 is 0 Å². The van der Waals surface area contributed by atoms with E-state index in [4.69, 9.17) is 34.0 Å². The van der Waals surface area contributed by atoms with Crippen LogP contribution in [0, 0.1) is 0 Å². The van der Waals surface area contributed by atoms with Crippen molar-refractivity contribution in [2.45, 2.75) is 13.2 Å². The molecule has 0 amide bonds. The van der Waals surface area contributed by atoms with Crippen molar-refractivity contribution >= 4 is 12.2 Å². The summed E-state index contributed by atoms with van der Waals surface area (Å²) in [6, 6.07) is 7.46. The van der Waals surface area contributed by atoms with Gasteiger partial charge in [-0.1, -0.05) is 30.3 Å². The Morgan fingerprint density at radius 3 is 1.87 bits per heavy atom. The lowest BCUT2D eigenvalue weighted by molar-refractivity contribution is -0.140. The van der Waals surface area contributed by atoms with Crippen molar-refractivity contribution in [3.05, 3.63) is 53.6 Å². The average Bonchev–Trinajstić information content (AvgIpc) is 2.76. The van der Waals surface area contributed by atoms with Gasteiger partial charge in [0.2, 0.25) is 0 Å². The Morgan fingerprint density at radius 1 is 0.833 bits per heavy atom. The minimum Gasteiger partial charge on any atom is -0.452 e. The highest BCUT2D eigenvalue weighted by molar-refractivity contribution is 6.20. The van der Waals surface area contributed by atoms with Crippen LogP contribution in [0.25, 0.3) is 5.53 Å². The number of carbonyl (C=O) groups excluding carboxylic acids is 1. The van der Waals surface area contributed by atoms with E-state index in [1.165, 1.54) is 0 Å². The lowest BCUT2D eigenvalue weighted by Crippen LogP contribution is -2.13. The van der Waals surface area contributed by atoms with E-state index in [2.05, 4.69) is 11.4 Å². The topological polar surface area (TPSA) is 109 Å². The average molecular weight is 422 g/mol. The summed E-state index contributed by atoms with van der Waals surface area (Å²) in [4.78, 5) is 13.9. The molecule has 0 fully saturated rings. The summed E-state index contributed by atoms with van der Waals surface area (Å²) in [5.41, 5.74) is 10.0. The van der Waals surface area contributed by atoms with Crippen LogP contribution in [0.4, 0.5) is 0 Å². The van der Waals surface area contributed by atoms with Gasteiger partial charge in [-0.2, -0.15) is 4.79 Å². The van der Waals surface area contributed by atoms with Gasteiger partial charge in [-0.25, -0.2) is 4.79 Å². The summed E-state index contributed by atoms with van der Waals surface area (Å²) in [6.45, 7) is 8.49. The lowest BCUT2D eigenvalue weighted by atomic mass is 10.1. The summed E-state index contributed by atoms with van der Waals surface area (Å²) in [6.07, 6.45) is 2.40. The molecule has 0 spiro atoms. The molecule has 0 aromatic heterocycles. The van der Waals surface area contributed by atoms with E-state index < -0.39 is 5.97 Å². The van der Waals surface area contributed by atoms with Gasteiger partial charge in [0.05, 0.1) is 66.1 Å². The molecule has 0 radical (unpaired) electrons. The molecule has 0 N–H and O–H groups in total. The third-order valence-electron chi connectivity index (χ3n) is 3.63. The minimum absolute atomic E-state index is 0.0732. The zero-order valence-corrected chi connectivity index (χ0v) is 17.2. The highest BCUT2D eigenvalue weighted by Crippen LogP contribution is 2.11. The summed E-state index contributed by atoms with van der Waals surface area (Å²) >= 11 is 0. The number of hydrogen-bond donors (Lipinski definition) is 0. The second-order valence-electron chi connectivity index (χ2n) is 5.87. The predicted octanol–water partition coefficient (Wildman–Crippen LogP) is 1.80. The number of esters is 1. The van der Waals surface area contributed by atoms with Crippen molar-refractivity contribution in [2.75, 3.05) is 59.5 Å². The predicted molar refractivity (Wildman–Crippen MR) is 109 cm³/mol. The van der Waals surface area contributed by atoms with E-state index in [1.807, 2.05) is 24.3 Å². The molecule has 166 valence electrons. The van der Waals surface area contributed by atoms with E-state index in [9.17, 15) is 4.79 Å². The molecule has 9 nitrogen and oxygen atoms in total. The highest BCUT2D eigenvalue weighted by atomic mass is 16.6. The number of ether oxygens (including phenoxy) is 6. The van der Waals surface area contributed by atoms with Gasteiger partial charge in [-0.3, -0.25) is 0 Å². The molecule has 0 unspecified atom stereocenters. The second-order valence-corrected chi connectivity index (χ2v) is 5.87. The third kappa shape index (κ3) is 13.7. The quantitative estimate of drug-likeness (QED) is 0.0835. The molecule has 0 atom stereocenters. The molecule has 0 aliphatic heterocycles. The molecular formula is C21H30N2O7. The molecular weight excluding hydrogens is 392 g/mol. The summed E-state index contributed by atoms with van der Waals surface area (Å²) in [7, 11) is 0. The van der Waals surface area contributed by atoms with Gasteiger partial charge >= 0.3 is 12.2 Å². The number of rotatable bonds is 19. The van der Waals surface area contributed by atoms with Crippen LogP contribution in [0.3, 0.4) is 0 Å². The molecule has 30 heavy (non-hydrogen) atoms. The van der Waals surface area contributed by atoms with Crippen molar-refractivity contribution in [1.29, 1.82) is 0 Å². The van der Waals surface area contributed by atoms with Gasteiger partial charge in [0.15, 0.2) is 0 Å². The first-order valence-corrected chi connectivity index (χ1v) is 9.68. The highest BCUT2D eigenvalue weighted by Gasteiger charge is 2.07. The first-order chi connectivity index (χ1) is 14.8. The van der Waals surface area contributed by atoms with Crippen molar-refractivity contribution in [3.8, 4) is 0 Å². The number of carbonyl (C=O) groups is 1. The Hall–Kier alpha value is -2.39. The molecule has 0 saturated carbocycles. The lowest BCUT2D eigenvalue weighted by Gasteiger charge is -2.10. The number of nitrogens with zero attached hydrogens (tertiary/aromatic N) is 2. The van der Waals surface area contributed by atoms with Crippen LogP contribution in [-0.2, 0) is 46.4 Å². The first kappa shape index (κ1) is 25.6. The van der Waals surface area contributed by atoms with E-state index in [-0.39, 0.29) is 6.61 Å². The van der Waals surface area contributed by atoms with Gasteiger partial charge in [0.1, 0.15) is 6.61 Å². The monoisotopic (exact) mass is 422 g/mol. The molecule has 1 rings (SSSR count). The van der Waals surface area contributed by atoms with Crippen molar-refractivity contribution in [3.63, 3.8) is 0 Å². The molecule has 0 aliphatic rings. The Bertz CT molecular complexity index is 648. The zero-order valence-electron chi connectivity index (χ0n) is 17.2. The molecule has 0 heterocycles. The maximum atomic E-state index is 11.2. The molecule has 0 saturated heterocycles. The second kappa shape index (κ2) is 18.6. The largest absolute Gasteiger partial charge is 0.452 e. The zero-order chi connectivity index (χ0) is 21.7. The van der Waals surface area contributed by atoms with Crippen molar-refractivity contribution < 1.29 is 38.0 Å². The van der Waals surface area contributed by atoms with Crippen LogP contribution >= 0.6 is 0 Å². The molecule has 9 heteroatoms. The van der Waals surface area contributed by atoms with Gasteiger partial charge < -0.3 is 34.0 Å². The van der Waals surface area contributed by atoms with Crippen LogP contribution in [0.5, 0.6) is 0 Å². The molecule has 0 bridgehead atoms. The number of hydrogen-bond acceptors (Lipinski definition) is 7. The minimum atomic E-state index is -0.715. The summed E-state index contributed by atoms with van der Waals surface area (Å²) in [5, 5.41) is 0. The Morgan fingerprint density at radius 2 is 1.33 bits per heavy atom. The SMILES string of the molecule is C=CCOCCOCCOCCOCCOCc1ccccc1COC(=O)C=[N+]=[N-]. The third-order valence-corrected chi connectivity index (χ3v) is 3.63. The maximum Gasteiger partial charge on any atom is 0.413 e. The van der Waals surface area contributed by atoms with Gasteiger partial charge in [-0.05, 0) is 11.1 Å². The van der Waals surface area contributed by atoms with Crippen LogP contribution in [0.2, 0.25) is 0 Å². The smallest absolute Gasteiger partial charge is 0.413 e. The fourth-order valence-electron chi connectivity index (χ4n) is 2.20. The van der Waals surface area contributed by atoms with E-state index in [0.717, 1.165) is 11.1 Å². The van der Waals surface area contributed by atoms with Gasteiger partial charge in [0.25, 0.3) is 0 Å². The van der Waals surface area contributed by atoms with Crippen LogP contribution in [-0.4, -0.2) is 76.4 Å². The fourth-order valence-corrected chi connectivity index (χ4v) is 2.20. The number of benzene rings is 1. The standard InChI is InChI=1S/C21H30N2O7/c1-2-7-25-8-9-26-10-11-27-12-13-28-14-15-29-17-19-5-3-4-6-20(19)18-30-21(24)16-23-22/h2-6,16H,1,7-15,17-18H2. The van der Waals surface area contributed by atoms with E-state index in [1.54, 1.807) is 6.08 Å². The van der Waals surface area contributed by atoms with Crippen LogP contribution < -0.4 is 0 Å². The molecule has 0 aliphatic carbocycles. The van der Waals surface area contributed by atoms with Crippen LogP contribution in [0.15, 0.2) is 36.9 Å². The van der Waals surface area contributed by atoms with Crippen molar-refractivity contribution in [1.82, 2.24) is 0 Å².